The SMILES string of the molecule is FC(F)(F)[C@@H](N=CI)c1ccco1. The first-order valence-corrected chi connectivity index (χ1v) is 4.52. The molecule has 0 saturated heterocycles. The molecule has 0 unspecified atom stereocenters. The zero-order chi connectivity index (χ0) is 9.90. The van der Waals surface area contributed by atoms with Crippen LogP contribution in [0, 0.1) is 0 Å². The summed E-state index contributed by atoms with van der Waals surface area (Å²) >= 11 is 1.63. The van der Waals surface area contributed by atoms with E-state index < -0.39 is 12.2 Å². The van der Waals surface area contributed by atoms with Crippen molar-refractivity contribution in [2.24, 2.45) is 4.99 Å². The molecule has 1 heterocycles. The van der Waals surface area contributed by atoms with E-state index in [2.05, 4.69) is 9.41 Å². The Morgan fingerprint density at radius 2 is 2.23 bits per heavy atom. The number of nitrogens with zero attached hydrogens (tertiary/aromatic N) is 1. The molecule has 0 N–H and O–H groups in total. The van der Waals surface area contributed by atoms with Crippen LogP contribution >= 0.6 is 22.6 Å². The van der Waals surface area contributed by atoms with E-state index in [-0.39, 0.29) is 5.76 Å². The van der Waals surface area contributed by atoms with Crippen LogP contribution < -0.4 is 0 Å². The van der Waals surface area contributed by atoms with Crippen LogP contribution in [-0.4, -0.2) is 10.4 Å². The van der Waals surface area contributed by atoms with Crippen LogP contribution in [0.15, 0.2) is 27.8 Å². The Labute approximate surface area is 86.0 Å². The molecule has 0 saturated carbocycles. The average Bonchev–Trinajstić information content (AvgIpc) is 2.49. The molecule has 0 aliphatic rings. The van der Waals surface area contributed by atoms with Crippen molar-refractivity contribution in [2.45, 2.75) is 12.2 Å². The third kappa shape index (κ3) is 2.71. The normalized spacial score (nSPS) is 15.1. The topological polar surface area (TPSA) is 25.5 Å². The maximum absolute atomic E-state index is 12.3. The lowest BCUT2D eigenvalue weighted by molar-refractivity contribution is -0.151. The molecule has 1 rings (SSSR count). The number of hydrogen-bond acceptors (Lipinski definition) is 2. The Hall–Kier alpha value is -0.530. The quantitative estimate of drug-likeness (QED) is 0.607. The van der Waals surface area contributed by atoms with Gasteiger partial charge in [0.2, 0.25) is 6.04 Å². The highest BCUT2D eigenvalue weighted by Gasteiger charge is 2.42. The second-order valence-corrected chi connectivity index (χ2v) is 2.76. The van der Waals surface area contributed by atoms with Gasteiger partial charge in [0.1, 0.15) is 5.76 Å². The van der Waals surface area contributed by atoms with Crippen LogP contribution in [0.25, 0.3) is 0 Å². The molecule has 0 aliphatic heterocycles. The van der Waals surface area contributed by atoms with Gasteiger partial charge in [-0.3, -0.25) is 4.99 Å². The van der Waals surface area contributed by atoms with E-state index in [0.717, 1.165) is 4.22 Å². The zero-order valence-corrected chi connectivity index (χ0v) is 8.41. The van der Waals surface area contributed by atoms with Crippen molar-refractivity contribution in [1.29, 1.82) is 0 Å². The van der Waals surface area contributed by atoms with Gasteiger partial charge >= 0.3 is 6.18 Å². The molecule has 0 fully saturated rings. The van der Waals surface area contributed by atoms with Gasteiger partial charge in [-0.1, -0.05) is 0 Å². The maximum Gasteiger partial charge on any atom is 0.418 e. The van der Waals surface area contributed by atoms with Gasteiger partial charge in [-0.15, -0.1) is 0 Å². The summed E-state index contributed by atoms with van der Waals surface area (Å²) in [5.74, 6) is -0.194. The number of rotatable bonds is 2. The van der Waals surface area contributed by atoms with Gasteiger partial charge in [-0.05, 0) is 34.7 Å². The minimum Gasteiger partial charge on any atom is -0.467 e. The van der Waals surface area contributed by atoms with Crippen LogP contribution in [0.4, 0.5) is 13.2 Å². The molecule has 1 aromatic heterocycles. The molecule has 0 spiro atoms. The maximum atomic E-state index is 12.3. The summed E-state index contributed by atoms with van der Waals surface area (Å²) in [4.78, 5) is 3.28. The minimum absolute atomic E-state index is 0.194. The number of halogens is 4. The van der Waals surface area contributed by atoms with Gasteiger partial charge in [0.05, 0.1) is 10.5 Å². The van der Waals surface area contributed by atoms with Crippen molar-refractivity contribution in [3.63, 3.8) is 0 Å². The van der Waals surface area contributed by atoms with Crippen molar-refractivity contribution < 1.29 is 17.6 Å². The molecule has 0 aromatic carbocycles. The second kappa shape index (κ2) is 4.12. The van der Waals surface area contributed by atoms with E-state index in [0.29, 0.717) is 0 Å². The van der Waals surface area contributed by atoms with Crippen molar-refractivity contribution in [1.82, 2.24) is 0 Å². The molecule has 1 aromatic rings. The smallest absolute Gasteiger partial charge is 0.418 e. The molecule has 0 bridgehead atoms. The molecule has 0 radical (unpaired) electrons. The van der Waals surface area contributed by atoms with Crippen LogP contribution in [0.2, 0.25) is 0 Å². The highest BCUT2D eigenvalue weighted by atomic mass is 127. The van der Waals surface area contributed by atoms with Crippen molar-refractivity contribution in [3.8, 4) is 0 Å². The summed E-state index contributed by atoms with van der Waals surface area (Å²) in [6.07, 6.45) is -3.21. The van der Waals surface area contributed by atoms with Crippen LogP contribution in [0.3, 0.4) is 0 Å². The summed E-state index contributed by atoms with van der Waals surface area (Å²) in [6.45, 7) is 0. The Bertz CT molecular complexity index is 280. The molecule has 72 valence electrons. The lowest BCUT2D eigenvalue weighted by atomic mass is 10.2. The number of furan rings is 1. The van der Waals surface area contributed by atoms with E-state index in [9.17, 15) is 13.2 Å². The highest BCUT2D eigenvalue weighted by Crippen LogP contribution is 2.35. The minimum atomic E-state index is -4.40. The summed E-state index contributed by atoms with van der Waals surface area (Å²) in [5, 5.41) is 0. The molecule has 0 amide bonds. The average molecular weight is 303 g/mol. The van der Waals surface area contributed by atoms with Crippen LogP contribution in [0.1, 0.15) is 11.8 Å². The monoisotopic (exact) mass is 303 g/mol. The fourth-order valence-corrected chi connectivity index (χ4v) is 1.14. The number of hydrogen-bond donors (Lipinski definition) is 0. The fraction of sp³-hybridized carbons (Fsp3) is 0.286. The van der Waals surface area contributed by atoms with Crippen molar-refractivity contribution in [2.75, 3.05) is 0 Å². The Balaban J connectivity index is 2.94. The third-order valence-corrected chi connectivity index (χ3v) is 1.65. The lowest BCUT2D eigenvalue weighted by Crippen LogP contribution is -2.18. The van der Waals surface area contributed by atoms with E-state index in [1.54, 1.807) is 22.6 Å². The first kappa shape index (κ1) is 10.6. The molecular weight excluding hydrogens is 298 g/mol. The first-order chi connectivity index (χ1) is 6.05. The summed E-state index contributed by atoms with van der Waals surface area (Å²) in [5.41, 5.74) is 0. The second-order valence-electron chi connectivity index (χ2n) is 2.21. The van der Waals surface area contributed by atoms with Gasteiger partial charge < -0.3 is 4.42 Å². The summed E-state index contributed by atoms with van der Waals surface area (Å²) in [6, 6.07) is 0.762. The predicted octanol–water partition coefficient (Wildman–Crippen LogP) is 3.35. The highest BCUT2D eigenvalue weighted by molar-refractivity contribution is 14.1. The van der Waals surface area contributed by atoms with Crippen molar-refractivity contribution >= 4 is 26.8 Å². The van der Waals surface area contributed by atoms with Crippen LogP contribution in [-0.2, 0) is 0 Å². The zero-order valence-electron chi connectivity index (χ0n) is 6.25. The van der Waals surface area contributed by atoms with Gasteiger partial charge in [0.25, 0.3) is 0 Å². The molecule has 1 atom stereocenters. The first-order valence-electron chi connectivity index (χ1n) is 3.27. The van der Waals surface area contributed by atoms with E-state index in [1.807, 2.05) is 0 Å². The Morgan fingerprint density at radius 1 is 1.54 bits per heavy atom. The number of alkyl halides is 3. The predicted molar refractivity (Wildman–Crippen MR) is 50.0 cm³/mol. The molecule has 2 nitrogen and oxygen atoms in total. The fourth-order valence-electron chi connectivity index (χ4n) is 0.822. The van der Waals surface area contributed by atoms with E-state index in [1.165, 1.54) is 18.4 Å². The third-order valence-electron chi connectivity index (χ3n) is 1.33. The Morgan fingerprint density at radius 3 is 2.62 bits per heavy atom. The summed E-state index contributed by atoms with van der Waals surface area (Å²) in [7, 11) is 0. The molecule has 6 heteroatoms. The molecule has 0 aliphatic carbocycles. The van der Waals surface area contributed by atoms with E-state index >= 15 is 0 Å². The molecular formula is C7H5F3INO. The Kier molecular flexibility index (Phi) is 3.34. The summed E-state index contributed by atoms with van der Waals surface area (Å²) < 4.78 is 42.6. The van der Waals surface area contributed by atoms with Crippen molar-refractivity contribution in [3.05, 3.63) is 24.2 Å². The van der Waals surface area contributed by atoms with Gasteiger partial charge in [0, 0.05) is 0 Å². The van der Waals surface area contributed by atoms with Gasteiger partial charge in [0.15, 0.2) is 0 Å². The van der Waals surface area contributed by atoms with Crippen LogP contribution in [0.5, 0.6) is 0 Å². The lowest BCUT2D eigenvalue weighted by Gasteiger charge is -2.12. The van der Waals surface area contributed by atoms with Gasteiger partial charge in [-0.25, -0.2) is 0 Å². The standard InChI is InChI=1S/C7H5F3INO/c8-7(9,10)6(12-4-11)5-2-1-3-13-5/h1-4,6H/t6-/m0/s1. The number of aliphatic imine (C=N–C) groups is 1. The largest absolute Gasteiger partial charge is 0.467 e. The van der Waals surface area contributed by atoms with E-state index in [4.69, 9.17) is 0 Å². The van der Waals surface area contributed by atoms with Gasteiger partial charge in [-0.2, -0.15) is 13.2 Å². The molecule has 13 heavy (non-hydrogen) atoms.